The predicted octanol–water partition coefficient (Wildman–Crippen LogP) is 5.08. The summed E-state index contributed by atoms with van der Waals surface area (Å²) in [6.45, 7) is 4.43. The van der Waals surface area contributed by atoms with Crippen LogP contribution in [0.2, 0.25) is 0 Å². The van der Waals surface area contributed by atoms with Gasteiger partial charge in [0.1, 0.15) is 35.8 Å². The van der Waals surface area contributed by atoms with Gasteiger partial charge in [0.2, 0.25) is 0 Å². The second kappa shape index (κ2) is 10.7. The van der Waals surface area contributed by atoms with Gasteiger partial charge in [-0.15, -0.1) is 0 Å². The molecule has 0 aliphatic carbocycles. The first-order valence-electron chi connectivity index (χ1n) is 11.1. The van der Waals surface area contributed by atoms with Crippen LogP contribution in [0.15, 0.2) is 36.9 Å². The quantitative estimate of drug-likeness (QED) is 0.414. The minimum Gasteiger partial charge on any atom is -0.373 e. The zero-order valence-corrected chi connectivity index (χ0v) is 19.0. The van der Waals surface area contributed by atoms with Gasteiger partial charge in [0.15, 0.2) is 5.65 Å². The lowest BCUT2D eigenvalue weighted by Gasteiger charge is -2.21. The maximum Gasteiger partial charge on any atom is 0.182 e. The molecule has 0 saturated carbocycles. The Morgan fingerprint density at radius 3 is 2.65 bits per heavy atom. The number of aromatic nitrogens is 6. The lowest BCUT2D eigenvalue weighted by atomic mass is 10.0. The molecule has 0 bridgehead atoms. The van der Waals surface area contributed by atoms with Gasteiger partial charge >= 0.3 is 0 Å². The van der Waals surface area contributed by atoms with E-state index in [0.29, 0.717) is 23.4 Å². The highest BCUT2D eigenvalue weighted by atomic mass is 19.1. The van der Waals surface area contributed by atoms with E-state index in [1.165, 1.54) is 24.9 Å². The molecule has 34 heavy (non-hydrogen) atoms. The first kappa shape index (κ1) is 23.7. The van der Waals surface area contributed by atoms with Crippen LogP contribution in [0.1, 0.15) is 42.3 Å². The molecule has 0 radical (unpaired) electrons. The minimum absolute atomic E-state index is 0.177. The van der Waals surface area contributed by atoms with Crippen LogP contribution in [0.3, 0.4) is 0 Å². The topological polar surface area (TPSA) is 78.6 Å². The maximum atomic E-state index is 13.9. The van der Waals surface area contributed by atoms with Gasteiger partial charge < -0.3 is 4.74 Å². The molecule has 1 aromatic carbocycles. The number of aryl methyl sites for hydroxylation is 3. The molecule has 3 aromatic heterocycles. The minimum atomic E-state index is -0.690. The van der Waals surface area contributed by atoms with E-state index in [1.807, 2.05) is 13.1 Å². The number of halogens is 3. The van der Waals surface area contributed by atoms with Crippen LogP contribution >= 0.6 is 0 Å². The van der Waals surface area contributed by atoms with Crippen molar-refractivity contribution in [2.45, 2.75) is 45.8 Å². The molecule has 1 saturated heterocycles. The molecule has 1 aliphatic heterocycles. The molecule has 4 heterocycles. The third kappa shape index (κ3) is 5.39. The van der Waals surface area contributed by atoms with Gasteiger partial charge in [-0.3, -0.25) is 4.68 Å². The molecule has 0 amide bonds. The Balaban J connectivity index is 0.000000172. The first-order chi connectivity index (χ1) is 16.5. The van der Waals surface area contributed by atoms with Crippen molar-refractivity contribution in [3.8, 4) is 11.3 Å². The summed E-state index contributed by atoms with van der Waals surface area (Å²) in [6.07, 6.45) is 8.55. The van der Waals surface area contributed by atoms with Gasteiger partial charge in [0, 0.05) is 30.0 Å². The molecule has 7 nitrogen and oxygen atoms in total. The molecular weight excluding hydrogens is 445 g/mol. The lowest BCUT2D eigenvalue weighted by Crippen LogP contribution is -2.10. The van der Waals surface area contributed by atoms with Gasteiger partial charge in [-0.05, 0) is 45.2 Å². The maximum absolute atomic E-state index is 13.9. The van der Waals surface area contributed by atoms with Gasteiger partial charge in [-0.2, -0.15) is 5.10 Å². The van der Waals surface area contributed by atoms with Crippen molar-refractivity contribution in [2.75, 3.05) is 13.3 Å². The van der Waals surface area contributed by atoms with Crippen molar-refractivity contribution in [2.24, 2.45) is 0 Å². The van der Waals surface area contributed by atoms with E-state index in [4.69, 9.17) is 4.74 Å². The molecule has 0 N–H and O–H groups in total. The molecule has 178 valence electrons. The van der Waals surface area contributed by atoms with Gasteiger partial charge in [-0.1, -0.05) is 0 Å². The summed E-state index contributed by atoms with van der Waals surface area (Å²) in [5, 5.41) is 4.08. The fourth-order valence-corrected chi connectivity index (χ4v) is 3.68. The summed E-state index contributed by atoms with van der Waals surface area (Å²) in [5.74, 6) is -1.33. The summed E-state index contributed by atoms with van der Waals surface area (Å²) in [6, 6.07) is 3.34. The molecule has 4 aromatic rings. The van der Waals surface area contributed by atoms with E-state index in [9.17, 15) is 13.2 Å². The van der Waals surface area contributed by atoms with Crippen molar-refractivity contribution < 1.29 is 17.9 Å². The van der Waals surface area contributed by atoms with Crippen molar-refractivity contribution in [3.05, 3.63) is 65.5 Å². The number of hydrogen-bond acceptors (Lipinski definition) is 6. The fourth-order valence-electron chi connectivity index (χ4n) is 3.68. The van der Waals surface area contributed by atoms with Crippen molar-refractivity contribution in [1.82, 2.24) is 29.7 Å². The van der Waals surface area contributed by atoms with Crippen LogP contribution in [0.25, 0.3) is 22.4 Å². The van der Waals surface area contributed by atoms with E-state index in [1.54, 1.807) is 17.8 Å². The highest BCUT2D eigenvalue weighted by Crippen LogP contribution is 2.28. The molecule has 1 fully saturated rings. The molecule has 1 aliphatic rings. The average Bonchev–Trinajstić information content (AvgIpc) is 3.30. The van der Waals surface area contributed by atoms with Crippen LogP contribution in [-0.4, -0.2) is 43.0 Å². The van der Waals surface area contributed by atoms with Crippen LogP contribution in [0, 0.1) is 25.5 Å². The lowest BCUT2D eigenvalue weighted by molar-refractivity contribution is 0.0149. The third-order valence-corrected chi connectivity index (χ3v) is 5.58. The van der Waals surface area contributed by atoms with Gasteiger partial charge in [-0.25, -0.2) is 33.1 Å². The Hall–Kier alpha value is -3.40. The summed E-state index contributed by atoms with van der Waals surface area (Å²) < 4.78 is 46.2. The predicted molar refractivity (Wildman–Crippen MR) is 121 cm³/mol. The van der Waals surface area contributed by atoms with Gasteiger partial charge in [0.25, 0.3) is 0 Å². The van der Waals surface area contributed by atoms with Crippen LogP contribution < -0.4 is 0 Å². The molecule has 10 heteroatoms. The van der Waals surface area contributed by atoms with E-state index in [-0.39, 0.29) is 18.3 Å². The van der Waals surface area contributed by atoms with E-state index in [2.05, 4.69) is 25.0 Å². The monoisotopic (exact) mass is 470 g/mol. The van der Waals surface area contributed by atoms with Crippen molar-refractivity contribution in [3.63, 3.8) is 0 Å². The zero-order chi connectivity index (χ0) is 24.1. The van der Waals surface area contributed by atoms with E-state index < -0.39 is 11.6 Å². The largest absolute Gasteiger partial charge is 0.373 e. The van der Waals surface area contributed by atoms with Gasteiger partial charge in [0.05, 0.1) is 30.2 Å². The number of ether oxygens (including phenoxy) is 1. The molecule has 1 unspecified atom stereocenters. The molecule has 0 spiro atoms. The first-order valence-corrected chi connectivity index (χ1v) is 11.1. The van der Waals surface area contributed by atoms with Crippen LogP contribution in [0.4, 0.5) is 13.2 Å². The Morgan fingerprint density at radius 2 is 1.91 bits per heavy atom. The number of nitrogens with zero attached hydrogens (tertiary/aromatic N) is 6. The normalized spacial score (nSPS) is 15.7. The number of alkyl halides is 1. The second-order valence-corrected chi connectivity index (χ2v) is 7.99. The highest BCUT2D eigenvalue weighted by Gasteiger charge is 2.17. The Labute approximate surface area is 195 Å². The summed E-state index contributed by atoms with van der Waals surface area (Å²) in [7, 11) is 0. The molecule has 5 rings (SSSR count). The summed E-state index contributed by atoms with van der Waals surface area (Å²) in [5.41, 5.74) is 3.83. The van der Waals surface area contributed by atoms with Crippen LogP contribution in [-0.2, 0) is 11.3 Å². The Kier molecular flexibility index (Phi) is 7.46. The smallest absolute Gasteiger partial charge is 0.182 e. The summed E-state index contributed by atoms with van der Waals surface area (Å²) in [4.78, 5) is 16.8. The fraction of sp³-hybridized carbons (Fsp3) is 0.375. The number of rotatable bonds is 4. The SMILES string of the molecule is Cc1nc2ncnc(-c3ccc(F)cc3F)c2nc1C.FCCn1cc(C2CCCCO2)cn1. The standard InChI is InChI=1S/C14H10F2N4.C10H15FN2O/c1-7-8(2)20-14-13(19-7)12(17-6-18-14)10-4-3-9(15)5-11(10)16;11-4-5-13-8-9(7-12-13)10-3-1-2-6-14-10/h3-6H,1-2H3;7-8,10H,1-6H2. The molecular formula is C24H25F3N6O. The number of hydrogen-bond donors (Lipinski definition) is 0. The highest BCUT2D eigenvalue weighted by molar-refractivity contribution is 5.86. The average molecular weight is 470 g/mol. The van der Waals surface area contributed by atoms with Crippen LogP contribution in [0.5, 0.6) is 0 Å². The van der Waals surface area contributed by atoms with E-state index in [0.717, 1.165) is 42.5 Å². The number of benzene rings is 1. The Bertz CT molecular complexity index is 1270. The second-order valence-electron chi connectivity index (χ2n) is 7.99. The summed E-state index contributed by atoms with van der Waals surface area (Å²) >= 11 is 0. The van der Waals surface area contributed by atoms with E-state index >= 15 is 0 Å². The molecule has 1 atom stereocenters. The third-order valence-electron chi connectivity index (χ3n) is 5.58. The van der Waals surface area contributed by atoms with Crippen molar-refractivity contribution >= 4 is 11.2 Å². The van der Waals surface area contributed by atoms with Crippen molar-refractivity contribution in [1.29, 1.82) is 0 Å². The zero-order valence-electron chi connectivity index (χ0n) is 19.0. The number of fused-ring (bicyclic) bond motifs is 1. The Morgan fingerprint density at radius 1 is 1.09 bits per heavy atom.